The largest absolute Gasteiger partial charge is 0.466 e. The van der Waals surface area contributed by atoms with Crippen LogP contribution in [-0.2, 0) is 19.1 Å². The number of hydrogen-bond donors (Lipinski definition) is 0. The van der Waals surface area contributed by atoms with E-state index in [0.29, 0.717) is 45.3 Å². The summed E-state index contributed by atoms with van der Waals surface area (Å²) in [4.78, 5) is 34.7. The van der Waals surface area contributed by atoms with Crippen molar-refractivity contribution >= 4 is 17.8 Å². The third kappa shape index (κ3) is 3.64. The smallest absolute Gasteiger partial charge is 0.305 e. The summed E-state index contributed by atoms with van der Waals surface area (Å²) < 4.78 is 4.77. The van der Waals surface area contributed by atoms with Crippen LogP contribution in [-0.4, -0.2) is 35.8 Å². The quantitative estimate of drug-likeness (QED) is 0.383. The van der Waals surface area contributed by atoms with Crippen LogP contribution in [0.5, 0.6) is 0 Å². The lowest BCUT2D eigenvalue weighted by Crippen LogP contribution is -2.30. The van der Waals surface area contributed by atoms with Crippen molar-refractivity contribution in [2.45, 2.75) is 39.0 Å². The van der Waals surface area contributed by atoms with Crippen molar-refractivity contribution in [3.05, 3.63) is 0 Å². The first-order valence-electron chi connectivity index (χ1n) is 5.64. The van der Waals surface area contributed by atoms with Gasteiger partial charge in [-0.1, -0.05) is 0 Å². The van der Waals surface area contributed by atoms with Crippen molar-refractivity contribution in [3.63, 3.8) is 0 Å². The second-order valence-electron chi connectivity index (χ2n) is 3.70. The molecular weight excluding hydrogens is 210 g/mol. The minimum Gasteiger partial charge on any atom is -0.466 e. The number of amides is 2. The highest BCUT2D eigenvalue weighted by Crippen LogP contribution is 2.12. The summed E-state index contributed by atoms with van der Waals surface area (Å²) in [5, 5.41) is 0. The van der Waals surface area contributed by atoms with Crippen LogP contribution in [0, 0.1) is 0 Å². The number of imide groups is 1. The lowest BCUT2D eigenvalue weighted by molar-refractivity contribution is -0.143. The van der Waals surface area contributed by atoms with Crippen LogP contribution >= 0.6 is 0 Å². The molecule has 0 radical (unpaired) electrons. The van der Waals surface area contributed by atoms with Crippen molar-refractivity contribution in [1.82, 2.24) is 4.90 Å². The Labute approximate surface area is 94.7 Å². The number of rotatable bonds is 6. The fraction of sp³-hybridized carbons (Fsp3) is 0.727. The molecule has 2 amide bonds. The van der Waals surface area contributed by atoms with E-state index in [9.17, 15) is 14.4 Å². The first-order valence-corrected chi connectivity index (χ1v) is 5.64. The summed E-state index contributed by atoms with van der Waals surface area (Å²) >= 11 is 0. The molecule has 1 aliphatic heterocycles. The molecule has 0 unspecified atom stereocenters. The first-order chi connectivity index (χ1) is 7.65. The minimum absolute atomic E-state index is 0.0962. The van der Waals surface area contributed by atoms with Gasteiger partial charge in [0.2, 0.25) is 11.8 Å². The van der Waals surface area contributed by atoms with Gasteiger partial charge in [-0.25, -0.2) is 0 Å². The van der Waals surface area contributed by atoms with E-state index in [-0.39, 0.29) is 17.8 Å². The van der Waals surface area contributed by atoms with Crippen molar-refractivity contribution in [2.75, 3.05) is 13.2 Å². The van der Waals surface area contributed by atoms with E-state index >= 15 is 0 Å². The van der Waals surface area contributed by atoms with Crippen molar-refractivity contribution in [2.24, 2.45) is 0 Å². The van der Waals surface area contributed by atoms with Gasteiger partial charge in [0.15, 0.2) is 0 Å². The average molecular weight is 227 g/mol. The van der Waals surface area contributed by atoms with Gasteiger partial charge in [-0.15, -0.1) is 0 Å². The van der Waals surface area contributed by atoms with E-state index < -0.39 is 0 Å². The number of unbranched alkanes of at least 4 members (excludes halogenated alkanes) is 1. The summed E-state index contributed by atoms with van der Waals surface area (Å²) in [6, 6.07) is 0. The van der Waals surface area contributed by atoms with Gasteiger partial charge < -0.3 is 4.74 Å². The maximum absolute atomic E-state index is 11.2. The van der Waals surface area contributed by atoms with Crippen LogP contribution in [0.4, 0.5) is 0 Å². The number of hydrogen-bond acceptors (Lipinski definition) is 4. The Morgan fingerprint density at radius 3 is 2.44 bits per heavy atom. The fourth-order valence-corrected chi connectivity index (χ4v) is 1.64. The molecule has 0 atom stereocenters. The first kappa shape index (κ1) is 12.7. The van der Waals surface area contributed by atoms with Gasteiger partial charge >= 0.3 is 5.97 Å². The molecule has 16 heavy (non-hydrogen) atoms. The second kappa shape index (κ2) is 6.25. The Balaban J connectivity index is 2.13. The summed E-state index contributed by atoms with van der Waals surface area (Å²) in [5.41, 5.74) is 0. The zero-order chi connectivity index (χ0) is 12.0. The molecule has 1 fully saturated rings. The molecule has 0 aromatic rings. The molecule has 1 rings (SSSR count). The van der Waals surface area contributed by atoms with Crippen LogP contribution in [0.15, 0.2) is 0 Å². The maximum Gasteiger partial charge on any atom is 0.305 e. The van der Waals surface area contributed by atoms with Crippen molar-refractivity contribution < 1.29 is 19.1 Å². The van der Waals surface area contributed by atoms with Gasteiger partial charge in [-0.3, -0.25) is 19.3 Å². The molecule has 90 valence electrons. The fourth-order valence-electron chi connectivity index (χ4n) is 1.64. The van der Waals surface area contributed by atoms with E-state index in [4.69, 9.17) is 4.74 Å². The van der Waals surface area contributed by atoms with Gasteiger partial charge in [0.25, 0.3) is 0 Å². The van der Waals surface area contributed by atoms with Gasteiger partial charge in [0.05, 0.1) is 6.61 Å². The molecule has 0 bridgehead atoms. The van der Waals surface area contributed by atoms with Crippen LogP contribution in [0.3, 0.4) is 0 Å². The van der Waals surface area contributed by atoms with E-state index in [1.54, 1.807) is 6.92 Å². The number of ether oxygens (including phenoxy) is 1. The van der Waals surface area contributed by atoms with E-state index in [1.165, 1.54) is 4.90 Å². The molecule has 1 aliphatic rings. The standard InChI is InChI=1S/C11H17NO4/c1-2-16-11(15)5-3-4-8-12-9(13)6-7-10(12)14/h2-8H2,1H3. The highest BCUT2D eigenvalue weighted by molar-refractivity contribution is 6.01. The molecule has 1 saturated heterocycles. The highest BCUT2D eigenvalue weighted by atomic mass is 16.5. The lowest BCUT2D eigenvalue weighted by Gasteiger charge is -2.12. The topological polar surface area (TPSA) is 63.7 Å². The van der Waals surface area contributed by atoms with Gasteiger partial charge in [0, 0.05) is 25.8 Å². The van der Waals surface area contributed by atoms with Crippen molar-refractivity contribution in [1.29, 1.82) is 0 Å². The molecule has 0 spiro atoms. The minimum atomic E-state index is -0.221. The third-order valence-electron chi connectivity index (χ3n) is 2.47. The second-order valence-corrected chi connectivity index (χ2v) is 3.70. The van der Waals surface area contributed by atoms with E-state index in [2.05, 4.69) is 0 Å². The SMILES string of the molecule is CCOC(=O)CCCCN1C(=O)CCC1=O. The monoisotopic (exact) mass is 227 g/mol. The molecule has 0 saturated carbocycles. The Kier molecular flexibility index (Phi) is 4.95. The predicted octanol–water partition coefficient (Wildman–Crippen LogP) is 0.869. The predicted molar refractivity (Wildman–Crippen MR) is 56.4 cm³/mol. The summed E-state index contributed by atoms with van der Waals surface area (Å²) in [7, 11) is 0. The Hall–Kier alpha value is -1.39. The maximum atomic E-state index is 11.2. The third-order valence-corrected chi connectivity index (χ3v) is 2.47. The van der Waals surface area contributed by atoms with Gasteiger partial charge in [0.1, 0.15) is 0 Å². The normalized spacial score (nSPS) is 15.7. The van der Waals surface area contributed by atoms with E-state index in [1.807, 2.05) is 0 Å². The molecule has 1 heterocycles. The lowest BCUT2D eigenvalue weighted by atomic mass is 10.2. The zero-order valence-corrected chi connectivity index (χ0v) is 9.53. The van der Waals surface area contributed by atoms with E-state index in [0.717, 1.165) is 0 Å². The summed E-state index contributed by atoms with van der Waals surface area (Å²) in [6.45, 7) is 2.58. The molecular formula is C11H17NO4. The summed E-state index contributed by atoms with van der Waals surface area (Å²) in [5.74, 6) is -0.413. The van der Waals surface area contributed by atoms with Crippen LogP contribution in [0.2, 0.25) is 0 Å². The highest BCUT2D eigenvalue weighted by Gasteiger charge is 2.27. The number of nitrogens with zero attached hydrogens (tertiary/aromatic N) is 1. The van der Waals surface area contributed by atoms with Crippen LogP contribution in [0.1, 0.15) is 39.0 Å². The zero-order valence-electron chi connectivity index (χ0n) is 9.53. The Morgan fingerprint density at radius 1 is 1.25 bits per heavy atom. The van der Waals surface area contributed by atoms with Gasteiger partial charge in [-0.05, 0) is 19.8 Å². The van der Waals surface area contributed by atoms with Crippen LogP contribution in [0.25, 0.3) is 0 Å². The Morgan fingerprint density at radius 2 is 1.88 bits per heavy atom. The van der Waals surface area contributed by atoms with Crippen LogP contribution < -0.4 is 0 Å². The number of likely N-dealkylation sites (tertiary alicyclic amines) is 1. The molecule has 0 N–H and O–H groups in total. The number of carbonyl (C=O) groups is 3. The Bertz CT molecular complexity index is 272. The summed E-state index contributed by atoms with van der Waals surface area (Å²) in [6.07, 6.45) is 2.32. The molecule has 5 heteroatoms. The average Bonchev–Trinajstić information content (AvgIpc) is 2.55. The molecule has 5 nitrogen and oxygen atoms in total. The number of esters is 1. The molecule has 0 aromatic carbocycles. The van der Waals surface area contributed by atoms with Crippen molar-refractivity contribution in [3.8, 4) is 0 Å². The number of carbonyl (C=O) groups excluding carboxylic acids is 3. The van der Waals surface area contributed by atoms with Gasteiger partial charge in [-0.2, -0.15) is 0 Å². The molecule has 0 aliphatic carbocycles. The molecule has 0 aromatic heterocycles.